The van der Waals surface area contributed by atoms with E-state index in [2.05, 4.69) is 10.3 Å². The van der Waals surface area contributed by atoms with Crippen LogP contribution >= 0.6 is 11.3 Å². The van der Waals surface area contributed by atoms with Gasteiger partial charge in [0.1, 0.15) is 6.10 Å². The highest BCUT2D eigenvalue weighted by Crippen LogP contribution is 2.21. The summed E-state index contributed by atoms with van der Waals surface area (Å²) in [6, 6.07) is 7.70. The zero-order valence-electron chi connectivity index (χ0n) is 11.8. The summed E-state index contributed by atoms with van der Waals surface area (Å²) in [5.41, 5.74) is 1.99. The summed E-state index contributed by atoms with van der Waals surface area (Å²) in [5, 5.41) is 5.46. The van der Waals surface area contributed by atoms with Gasteiger partial charge in [-0.1, -0.05) is 29.0 Å². The second kappa shape index (κ2) is 6.13. The van der Waals surface area contributed by atoms with Crippen molar-refractivity contribution < 1.29 is 9.53 Å². The van der Waals surface area contributed by atoms with E-state index in [4.69, 9.17) is 4.74 Å². The molecule has 0 radical (unpaired) electrons. The second-order valence-electron chi connectivity index (χ2n) is 5.07. The third-order valence-corrected chi connectivity index (χ3v) is 4.07. The van der Waals surface area contributed by atoms with Crippen molar-refractivity contribution in [1.82, 2.24) is 9.88 Å². The molecule has 1 aromatic carbocycles. The molecule has 3 rings (SSSR count). The van der Waals surface area contributed by atoms with Gasteiger partial charge in [0.25, 0.3) is 5.19 Å². The molecule has 1 aromatic heterocycles. The van der Waals surface area contributed by atoms with Gasteiger partial charge in [0.15, 0.2) is 0 Å². The Kier molecular flexibility index (Phi) is 4.06. The first-order chi connectivity index (χ1) is 10.2. The maximum atomic E-state index is 12.2. The number of amides is 2. The van der Waals surface area contributed by atoms with E-state index in [0.29, 0.717) is 18.3 Å². The SMILES string of the molecule is Cc1ccc(NC(=O)N2CCC(Oc3nccs3)C2)cc1. The number of aromatic nitrogens is 1. The molecule has 1 N–H and O–H groups in total. The van der Waals surface area contributed by atoms with E-state index in [1.165, 1.54) is 16.9 Å². The normalized spacial score (nSPS) is 17.8. The molecular formula is C15H17N3O2S. The number of benzene rings is 1. The van der Waals surface area contributed by atoms with Gasteiger partial charge in [-0.15, -0.1) is 0 Å². The number of carbonyl (C=O) groups excluding carboxylic acids is 1. The van der Waals surface area contributed by atoms with Gasteiger partial charge in [0, 0.05) is 30.2 Å². The Labute approximate surface area is 127 Å². The first-order valence-corrected chi connectivity index (χ1v) is 7.77. The molecule has 1 saturated heterocycles. The number of anilines is 1. The molecule has 0 bridgehead atoms. The number of urea groups is 1. The van der Waals surface area contributed by atoms with E-state index in [1.807, 2.05) is 36.6 Å². The number of nitrogens with zero attached hydrogens (tertiary/aromatic N) is 2. The lowest BCUT2D eigenvalue weighted by Crippen LogP contribution is -2.34. The maximum Gasteiger partial charge on any atom is 0.321 e. The molecule has 0 spiro atoms. The van der Waals surface area contributed by atoms with Crippen LogP contribution in [-0.2, 0) is 0 Å². The lowest BCUT2D eigenvalue weighted by Gasteiger charge is -2.17. The molecule has 1 aliphatic heterocycles. The molecule has 6 heteroatoms. The van der Waals surface area contributed by atoms with Crippen molar-refractivity contribution in [2.45, 2.75) is 19.4 Å². The fourth-order valence-electron chi connectivity index (χ4n) is 2.26. The summed E-state index contributed by atoms with van der Waals surface area (Å²) in [7, 11) is 0. The van der Waals surface area contributed by atoms with E-state index >= 15 is 0 Å². The Morgan fingerprint density at radius 3 is 2.95 bits per heavy atom. The minimum absolute atomic E-state index is 0.0277. The molecule has 0 saturated carbocycles. The van der Waals surface area contributed by atoms with Crippen LogP contribution in [0, 0.1) is 6.92 Å². The van der Waals surface area contributed by atoms with Crippen LogP contribution in [0.2, 0.25) is 0 Å². The van der Waals surface area contributed by atoms with Gasteiger partial charge in [0.05, 0.1) is 6.54 Å². The fourth-order valence-corrected chi connectivity index (χ4v) is 2.81. The molecular weight excluding hydrogens is 286 g/mol. The highest BCUT2D eigenvalue weighted by molar-refractivity contribution is 7.11. The predicted molar refractivity (Wildman–Crippen MR) is 82.9 cm³/mol. The Morgan fingerprint density at radius 2 is 2.24 bits per heavy atom. The van der Waals surface area contributed by atoms with Crippen molar-refractivity contribution in [3.8, 4) is 5.19 Å². The summed E-state index contributed by atoms with van der Waals surface area (Å²) in [6.45, 7) is 3.32. The summed E-state index contributed by atoms with van der Waals surface area (Å²) in [4.78, 5) is 18.1. The third kappa shape index (κ3) is 3.52. The van der Waals surface area contributed by atoms with E-state index in [-0.39, 0.29) is 12.1 Å². The van der Waals surface area contributed by atoms with Gasteiger partial charge < -0.3 is 15.0 Å². The van der Waals surface area contributed by atoms with Gasteiger partial charge in [-0.25, -0.2) is 9.78 Å². The zero-order chi connectivity index (χ0) is 14.7. The van der Waals surface area contributed by atoms with Gasteiger partial charge in [-0.2, -0.15) is 0 Å². The Morgan fingerprint density at radius 1 is 1.43 bits per heavy atom. The van der Waals surface area contributed by atoms with Crippen LogP contribution in [0.25, 0.3) is 0 Å². The maximum absolute atomic E-state index is 12.2. The van der Waals surface area contributed by atoms with Crippen LogP contribution in [0.15, 0.2) is 35.8 Å². The average Bonchev–Trinajstić information content (AvgIpc) is 3.13. The van der Waals surface area contributed by atoms with Gasteiger partial charge in [0.2, 0.25) is 0 Å². The molecule has 2 heterocycles. The Balaban J connectivity index is 1.53. The summed E-state index contributed by atoms with van der Waals surface area (Å²) >= 11 is 1.47. The summed E-state index contributed by atoms with van der Waals surface area (Å²) in [5.74, 6) is 0. The number of likely N-dealkylation sites (tertiary alicyclic amines) is 1. The van der Waals surface area contributed by atoms with Gasteiger partial charge in [-0.05, 0) is 19.1 Å². The van der Waals surface area contributed by atoms with Crippen molar-refractivity contribution in [2.24, 2.45) is 0 Å². The van der Waals surface area contributed by atoms with E-state index in [0.717, 1.165) is 12.1 Å². The number of hydrogen-bond donors (Lipinski definition) is 1. The number of hydrogen-bond acceptors (Lipinski definition) is 4. The summed E-state index contributed by atoms with van der Waals surface area (Å²) < 4.78 is 5.75. The predicted octanol–water partition coefficient (Wildman–Crippen LogP) is 3.14. The van der Waals surface area contributed by atoms with Crippen molar-refractivity contribution >= 4 is 23.1 Å². The molecule has 1 fully saturated rings. The Bertz CT molecular complexity index is 598. The molecule has 110 valence electrons. The van der Waals surface area contributed by atoms with Crippen molar-refractivity contribution in [3.05, 3.63) is 41.4 Å². The topological polar surface area (TPSA) is 54.5 Å². The van der Waals surface area contributed by atoms with Crippen LogP contribution in [0.3, 0.4) is 0 Å². The van der Waals surface area contributed by atoms with E-state index in [9.17, 15) is 4.79 Å². The molecule has 1 atom stereocenters. The van der Waals surface area contributed by atoms with E-state index < -0.39 is 0 Å². The number of carbonyl (C=O) groups is 1. The molecule has 2 amide bonds. The van der Waals surface area contributed by atoms with Crippen LogP contribution in [-0.4, -0.2) is 35.1 Å². The minimum atomic E-state index is -0.0795. The smallest absolute Gasteiger partial charge is 0.321 e. The standard InChI is InChI=1S/C15H17N3O2S/c1-11-2-4-12(5-3-11)17-14(19)18-8-6-13(10-18)20-15-16-7-9-21-15/h2-5,7,9,13H,6,8,10H2,1H3,(H,17,19). The number of ether oxygens (including phenoxy) is 1. The zero-order valence-corrected chi connectivity index (χ0v) is 12.6. The summed E-state index contributed by atoms with van der Waals surface area (Å²) in [6.07, 6.45) is 2.58. The number of nitrogens with one attached hydrogen (secondary N) is 1. The van der Waals surface area contributed by atoms with Crippen molar-refractivity contribution in [3.63, 3.8) is 0 Å². The quantitative estimate of drug-likeness (QED) is 0.947. The van der Waals surface area contributed by atoms with Crippen molar-refractivity contribution in [1.29, 1.82) is 0 Å². The van der Waals surface area contributed by atoms with Gasteiger partial charge >= 0.3 is 6.03 Å². The number of thiazole rings is 1. The first kappa shape index (κ1) is 13.9. The highest BCUT2D eigenvalue weighted by atomic mass is 32.1. The second-order valence-corrected chi connectivity index (χ2v) is 5.93. The number of rotatable bonds is 3. The van der Waals surface area contributed by atoms with Crippen LogP contribution in [0.1, 0.15) is 12.0 Å². The molecule has 1 unspecified atom stereocenters. The highest BCUT2D eigenvalue weighted by Gasteiger charge is 2.28. The largest absolute Gasteiger partial charge is 0.465 e. The molecule has 21 heavy (non-hydrogen) atoms. The molecule has 1 aliphatic rings. The van der Waals surface area contributed by atoms with Crippen LogP contribution < -0.4 is 10.1 Å². The minimum Gasteiger partial charge on any atom is -0.465 e. The molecule has 0 aliphatic carbocycles. The monoisotopic (exact) mass is 303 g/mol. The van der Waals surface area contributed by atoms with Crippen molar-refractivity contribution in [2.75, 3.05) is 18.4 Å². The number of aryl methyl sites for hydroxylation is 1. The lowest BCUT2D eigenvalue weighted by molar-refractivity contribution is 0.194. The first-order valence-electron chi connectivity index (χ1n) is 6.89. The molecule has 5 nitrogen and oxygen atoms in total. The fraction of sp³-hybridized carbons (Fsp3) is 0.333. The average molecular weight is 303 g/mol. The lowest BCUT2D eigenvalue weighted by atomic mass is 10.2. The third-order valence-electron chi connectivity index (χ3n) is 3.41. The molecule has 2 aromatic rings. The van der Waals surface area contributed by atoms with Crippen LogP contribution in [0.5, 0.6) is 5.19 Å². The van der Waals surface area contributed by atoms with E-state index in [1.54, 1.807) is 11.1 Å². The van der Waals surface area contributed by atoms with Crippen LogP contribution in [0.4, 0.5) is 10.5 Å². The van der Waals surface area contributed by atoms with Gasteiger partial charge in [-0.3, -0.25) is 0 Å². The Hall–Kier alpha value is -2.08.